The first-order valence-corrected chi connectivity index (χ1v) is 10.0. The molecule has 5 heteroatoms. The van der Waals surface area contributed by atoms with Gasteiger partial charge in [-0.2, -0.15) is 0 Å². The van der Waals surface area contributed by atoms with E-state index in [0.717, 1.165) is 28.8 Å². The van der Waals surface area contributed by atoms with Crippen molar-refractivity contribution >= 4 is 28.5 Å². The van der Waals surface area contributed by atoms with Gasteiger partial charge >= 0.3 is 0 Å². The second-order valence-corrected chi connectivity index (χ2v) is 7.73. The highest BCUT2D eigenvalue weighted by Gasteiger charge is 2.26. The van der Waals surface area contributed by atoms with Gasteiger partial charge in [-0.15, -0.1) is 0 Å². The SMILES string of the molecule is CCN(C(C)C)C1NC(c2c[nH]c3ncc(-c4ccccc4)cc23)=CS1. The van der Waals surface area contributed by atoms with Crippen molar-refractivity contribution < 1.29 is 0 Å². The van der Waals surface area contributed by atoms with E-state index in [1.165, 1.54) is 11.1 Å². The van der Waals surface area contributed by atoms with Gasteiger partial charge in [0.25, 0.3) is 0 Å². The van der Waals surface area contributed by atoms with Crippen LogP contribution in [0.1, 0.15) is 26.3 Å². The molecule has 3 aromatic rings. The number of fused-ring (bicyclic) bond motifs is 1. The Labute approximate surface area is 158 Å². The highest BCUT2D eigenvalue weighted by atomic mass is 32.2. The van der Waals surface area contributed by atoms with Gasteiger partial charge in [0, 0.05) is 34.9 Å². The lowest BCUT2D eigenvalue weighted by Gasteiger charge is -2.31. The first kappa shape index (κ1) is 17.2. The summed E-state index contributed by atoms with van der Waals surface area (Å²) in [6.45, 7) is 7.72. The monoisotopic (exact) mass is 364 g/mol. The van der Waals surface area contributed by atoms with Gasteiger partial charge in [0.1, 0.15) is 11.1 Å². The summed E-state index contributed by atoms with van der Waals surface area (Å²) >= 11 is 1.84. The minimum absolute atomic E-state index is 0.283. The molecule has 1 aliphatic rings. The zero-order valence-corrected chi connectivity index (χ0v) is 16.2. The summed E-state index contributed by atoms with van der Waals surface area (Å²) in [5.41, 5.74) is 5.88. The lowest BCUT2D eigenvalue weighted by atomic mass is 10.1. The van der Waals surface area contributed by atoms with E-state index in [2.05, 4.69) is 82.9 Å². The maximum atomic E-state index is 4.62. The third kappa shape index (κ3) is 3.13. The molecule has 0 saturated carbocycles. The molecule has 2 N–H and O–H groups in total. The van der Waals surface area contributed by atoms with Crippen molar-refractivity contribution in [2.24, 2.45) is 0 Å². The molecule has 0 bridgehead atoms. The van der Waals surface area contributed by atoms with Crippen molar-refractivity contribution in [3.05, 3.63) is 59.8 Å². The summed E-state index contributed by atoms with van der Waals surface area (Å²) in [6, 6.07) is 13.1. The van der Waals surface area contributed by atoms with Crippen LogP contribution in [0.25, 0.3) is 27.9 Å². The van der Waals surface area contributed by atoms with E-state index in [-0.39, 0.29) is 5.50 Å². The first-order chi connectivity index (χ1) is 12.7. The molecule has 2 aromatic heterocycles. The van der Waals surface area contributed by atoms with Crippen LogP contribution in [0.5, 0.6) is 0 Å². The number of aromatic nitrogens is 2. The van der Waals surface area contributed by atoms with E-state index in [0.29, 0.717) is 6.04 Å². The maximum absolute atomic E-state index is 4.62. The highest BCUT2D eigenvalue weighted by Crippen LogP contribution is 2.34. The van der Waals surface area contributed by atoms with E-state index in [4.69, 9.17) is 0 Å². The molecule has 26 heavy (non-hydrogen) atoms. The second-order valence-electron chi connectivity index (χ2n) is 6.78. The van der Waals surface area contributed by atoms with Gasteiger partial charge in [-0.1, -0.05) is 49.0 Å². The summed E-state index contributed by atoms with van der Waals surface area (Å²) in [6.07, 6.45) is 3.99. The van der Waals surface area contributed by atoms with Crippen LogP contribution >= 0.6 is 11.8 Å². The van der Waals surface area contributed by atoms with Crippen molar-refractivity contribution in [3.8, 4) is 11.1 Å². The number of hydrogen-bond donors (Lipinski definition) is 2. The molecule has 0 radical (unpaired) electrons. The fraction of sp³-hybridized carbons (Fsp3) is 0.286. The van der Waals surface area contributed by atoms with Crippen LogP contribution in [-0.2, 0) is 0 Å². The summed E-state index contributed by atoms with van der Waals surface area (Å²) in [7, 11) is 0. The third-order valence-electron chi connectivity index (χ3n) is 4.85. The average molecular weight is 365 g/mol. The zero-order chi connectivity index (χ0) is 18.1. The van der Waals surface area contributed by atoms with Gasteiger partial charge in [0.2, 0.25) is 0 Å². The quantitative estimate of drug-likeness (QED) is 0.677. The predicted octanol–water partition coefficient (Wildman–Crippen LogP) is 4.88. The lowest BCUT2D eigenvalue weighted by molar-refractivity contribution is 0.207. The Hall–Kier alpha value is -2.24. The second kappa shape index (κ2) is 7.17. The lowest BCUT2D eigenvalue weighted by Crippen LogP contribution is -2.44. The molecule has 4 rings (SSSR count). The minimum atomic E-state index is 0.283. The Morgan fingerprint density at radius 2 is 2.00 bits per heavy atom. The smallest absolute Gasteiger partial charge is 0.137 e. The van der Waals surface area contributed by atoms with Gasteiger partial charge in [-0.25, -0.2) is 4.98 Å². The van der Waals surface area contributed by atoms with Crippen molar-refractivity contribution in [3.63, 3.8) is 0 Å². The maximum Gasteiger partial charge on any atom is 0.137 e. The molecule has 3 heterocycles. The highest BCUT2D eigenvalue weighted by molar-refractivity contribution is 8.03. The number of H-pyrrole nitrogens is 1. The van der Waals surface area contributed by atoms with Crippen molar-refractivity contribution in [2.45, 2.75) is 32.3 Å². The van der Waals surface area contributed by atoms with Gasteiger partial charge < -0.3 is 10.3 Å². The molecule has 134 valence electrons. The van der Waals surface area contributed by atoms with Crippen LogP contribution in [0, 0.1) is 0 Å². The molecule has 1 aliphatic heterocycles. The molecule has 4 nitrogen and oxygen atoms in total. The normalized spacial score (nSPS) is 17.1. The number of hydrogen-bond acceptors (Lipinski definition) is 4. The molecule has 1 atom stereocenters. The standard InChI is InChI=1S/C21H24N4S/c1-4-25(14(2)3)21-24-19(13-26-21)18-12-23-20-17(18)10-16(11-22-20)15-8-6-5-7-9-15/h5-14,21,24H,4H2,1-3H3,(H,22,23). The Bertz CT molecular complexity index is 930. The van der Waals surface area contributed by atoms with Crippen LogP contribution in [0.3, 0.4) is 0 Å². The minimum Gasteiger partial charge on any atom is -0.360 e. The van der Waals surface area contributed by atoms with Crippen molar-refractivity contribution in [1.82, 2.24) is 20.2 Å². The van der Waals surface area contributed by atoms with Gasteiger partial charge in [0.05, 0.1) is 5.70 Å². The molecule has 0 spiro atoms. The molecule has 0 saturated heterocycles. The number of pyridine rings is 1. The van der Waals surface area contributed by atoms with Gasteiger partial charge in [-0.3, -0.25) is 4.90 Å². The van der Waals surface area contributed by atoms with E-state index >= 15 is 0 Å². The topological polar surface area (TPSA) is 44.0 Å². The third-order valence-corrected chi connectivity index (χ3v) is 5.87. The van der Waals surface area contributed by atoms with Crippen LogP contribution in [-0.4, -0.2) is 33.0 Å². The van der Waals surface area contributed by atoms with Crippen molar-refractivity contribution in [1.29, 1.82) is 0 Å². The number of benzene rings is 1. The van der Waals surface area contributed by atoms with Crippen LogP contribution in [0.15, 0.2) is 54.2 Å². The fourth-order valence-electron chi connectivity index (χ4n) is 3.45. The zero-order valence-electron chi connectivity index (χ0n) is 15.4. The summed E-state index contributed by atoms with van der Waals surface area (Å²) in [4.78, 5) is 10.4. The van der Waals surface area contributed by atoms with Gasteiger partial charge in [-0.05, 0) is 37.4 Å². The molecule has 0 fully saturated rings. The first-order valence-electron chi connectivity index (χ1n) is 9.08. The van der Waals surface area contributed by atoms with E-state index < -0.39 is 0 Å². The number of rotatable bonds is 5. The Balaban J connectivity index is 1.65. The number of nitrogens with zero attached hydrogens (tertiary/aromatic N) is 2. The van der Waals surface area contributed by atoms with Crippen LogP contribution in [0.4, 0.5) is 0 Å². The molecular weight excluding hydrogens is 340 g/mol. The van der Waals surface area contributed by atoms with E-state index in [1.54, 1.807) is 0 Å². The Morgan fingerprint density at radius 1 is 1.19 bits per heavy atom. The number of nitrogens with one attached hydrogen (secondary N) is 2. The summed E-state index contributed by atoms with van der Waals surface area (Å²) in [5, 5.41) is 7.06. The summed E-state index contributed by atoms with van der Waals surface area (Å²) < 4.78 is 0. The summed E-state index contributed by atoms with van der Waals surface area (Å²) in [5.74, 6) is 0. The van der Waals surface area contributed by atoms with Gasteiger partial charge in [0.15, 0.2) is 0 Å². The predicted molar refractivity (Wildman–Crippen MR) is 112 cm³/mol. The van der Waals surface area contributed by atoms with E-state index in [1.807, 2.05) is 24.0 Å². The van der Waals surface area contributed by atoms with Crippen LogP contribution < -0.4 is 5.32 Å². The largest absolute Gasteiger partial charge is 0.360 e. The van der Waals surface area contributed by atoms with Crippen molar-refractivity contribution in [2.75, 3.05) is 6.54 Å². The molecule has 1 unspecified atom stereocenters. The Kier molecular flexibility index (Phi) is 4.74. The molecular formula is C21H24N4S. The fourth-order valence-corrected chi connectivity index (χ4v) is 4.66. The number of thioether (sulfide) groups is 1. The number of aromatic amines is 1. The Morgan fingerprint density at radius 3 is 2.73 bits per heavy atom. The molecule has 1 aromatic carbocycles. The van der Waals surface area contributed by atoms with E-state index in [9.17, 15) is 0 Å². The molecule has 0 amide bonds. The van der Waals surface area contributed by atoms with Crippen LogP contribution in [0.2, 0.25) is 0 Å². The average Bonchev–Trinajstić information content (AvgIpc) is 3.29. The molecule has 0 aliphatic carbocycles.